The molecular formula is C14H12N2O4. The third-order valence-electron chi connectivity index (χ3n) is 2.53. The fourth-order valence-electron chi connectivity index (χ4n) is 1.52. The van der Waals surface area contributed by atoms with Crippen LogP contribution in [0.1, 0.15) is 20.7 Å². The van der Waals surface area contributed by atoms with Crippen molar-refractivity contribution in [2.24, 2.45) is 0 Å². The van der Waals surface area contributed by atoms with Crippen LogP contribution in [0.25, 0.3) is 0 Å². The number of aromatic hydroxyl groups is 2. The average molecular weight is 272 g/mol. The molecule has 0 radical (unpaired) electrons. The molecule has 2 amide bonds. The second-order valence-electron chi connectivity index (χ2n) is 4.01. The first kappa shape index (κ1) is 13.4. The van der Waals surface area contributed by atoms with E-state index >= 15 is 0 Å². The molecule has 0 aromatic heterocycles. The van der Waals surface area contributed by atoms with Gasteiger partial charge in [0.15, 0.2) is 0 Å². The van der Waals surface area contributed by atoms with Gasteiger partial charge in [0.1, 0.15) is 11.5 Å². The van der Waals surface area contributed by atoms with Gasteiger partial charge in [0.2, 0.25) is 0 Å². The molecule has 0 aliphatic heterocycles. The Kier molecular flexibility index (Phi) is 3.85. The molecule has 2 aromatic rings. The molecule has 0 aliphatic carbocycles. The zero-order valence-corrected chi connectivity index (χ0v) is 10.3. The van der Waals surface area contributed by atoms with E-state index in [-0.39, 0.29) is 17.1 Å². The van der Waals surface area contributed by atoms with Gasteiger partial charge in [0.05, 0.1) is 0 Å². The molecule has 0 fully saturated rings. The molecule has 4 N–H and O–H groups in total. The fourth-order valence-corrected chi connectivity index (χ4v) is 1.52. The molecule has 0 atom stereocenters. The Labute approximate surface area is 114 Å². The lowest BCUT2D eigenvalue weighted by Gasteiger charge is -2.07. The maximum absolute atomic E-state index is 11.7. The summed E-state index contributed by atoms with van der Waals surface area (Å²) in [5, 5.41) is 18.4. The molecule has 0 aliphatic rings. The van der Waals surface area contributed by atoms with Gasteiger partial charge in [0, 0.05) is 11.1 Å². The number of benzene rings is 2. The van der Waals surface area contributed by atoms with Gasteiger partial charge in [-0.3, -0.25) is 20.4 Å². The zero-order chi connectivity index (χ0) is 14.5. The Balaban J connectivity index is 1.96. The SMILES string of the molecule is O=C(NNC(=O)c1cccc(O)c1)c1ccc(O)cc1. The predicted molar refractivity (Wildman–Crippen MR) is 71.1 cm³/mol. The van der Waals surface area contributed by atoms with E-state index in [0.29, 0.717) is 5.56 Å². The maximum atomic E-state index is 11.7. The van der Waals surface area contributed by atoms with Gasteiger partial charge in [-0.05, 0) is 42.5 Å². The maximum Gasteiger partial charge on any atom is 0.269 e. The molecule has 0 heterocycles. The molecule has 6 nitrogen and oxygen atoms in total. The molecular weight excluding hydrogens is 260 g/mol. The van der Waals surface area contributed by atoms with Crippen LogP contribution in [-0.2, 0) is 0 Å². The van der Waals surface area contributed by atoms with Gasteiger partial charge in [-0.1, -0.05) is 6.07 Å². The Morgan fingerprint density at radius 1 is 0.750 bits per heavy atom. The number of hydrogen-bond acceptors (Lipinski definition) is 4. The molecule has 0 spiro atoms. The first-order valence-electron chi connectivity index (χ1n) is 5.75. The highest BCUT2D eigenvalue weighted by Crippen LogP contribution is 2.11. The highest BCUT2D eigenvalue weighted by atomic mass is 16.3. The number of rotatable bonds is 2. The van der Waals surface area contributed by atoms with Crippen LogP contribution < -0.4 is 10.9 Å². The molecule has 0 saturated heterocycles. The lowest BCUT2D eigenvalue weighted by Crippen LogP contribution is -2.41. The van der Waals surface area contributed by atoms with Crippen molar-refractivity contribution < 1.29 is 19.8 Å². The summed E-state index contributed by atoms with van der Waals surface area (Å²) < 4.78 is 0. The third kappa shape index (κ3) is 3.26. The fraction of sp³-hybridized carbons (Fsp3) is 0. The van der Waals surface area contributed by atoms with Gasteiger partial charge >= 0.3 is 0 Å². The molecule has 0 unspecified atom stereocenters. The molecule has 102 valence electrons. The van der Waals surface area contributed by atoms with E-state index in [2.05, 4.69) is 10.9 Å². The van der Waals surface area contributed by atoms with Gasteiger partial charge in [-0.25, -0.2) is 0 Å². The van der Waals surface area contributed by atoms with Crippen molar-refractivity contribution in [1.29, 1.82) is 0 Å². The third-order valence-corrected chi connectivity index (χ3v) is 2.53. The standard InChI is InChI=1S/C14H12N2O4/c17-11-6-4-9(5-7-11)13(19)15-16-14(20)10-2-1-3-12(18)8-10/h1-8,17-18H,(H,15,19)(H,16,20). The average Bonchev–Trinajstić information content (AvgIpc) is 2.45. The minimum atomic E-state index is -0.548. The Hall–Kier alpha value is -3.02. The summed E-state index contributed by atoms with van der Waals surface area (Å²) in [5.41, 5.74) is 4.97. The largest absolute Gasteiger partial charge is 0.508 e. The summed E-state index contributed by atoms with van der Waals surface area (Å²) in [6.07, 6.45) is 0. The summed E-state index contributed by atoms with van der Waals surface area (Å²) in [6.45, 7) is 0. The number of amides is 2. The number of carbonyl (C=O) groups is 2. The molecule has 2 rings (SSSR count). The second-order valence-corrected chi connectivity index (χ2v) is 4.01. The van der Waals surface area contributed by atoms with Gasteiger partial charge in [0.25, 0.3) is 11.8 Å². The lowest BCUT2D eigenvalue weighted by molar-refractivity contribution is 0.0846. The van der Waals surface area contributed by atoms with Crippen LogP contribution in [0.15, 0.2) is 48.5 Å². The Bertz CT molecular complexity index is 638. The topological polar surface area (TPSA) is 98.7 Å². The van der Waals surface area contributed by atoms with Crippen molar-refractivity contribution in [3.05, 3.63) is 59.7 Å². The summed E-state index contributed by atoms with van der Waals surface area (Å²) in [5.74, 6) is -1.06. The number of nitrogens with one attached hydrogen (secondary N) is 2. The minimum absolute atomic E-state index is 0.0393. The van der Waals surface area contributed by atoms with Crippen molar-refractivity contribution in [3.63, 3.8) is 0 Å². The van der Waals surface area contributed by atoms with Crippen molar-refractivity contribution in [1.82, 2.24) is 10.9 Å². The number of carbonyl (C=O) groups excluding carboxylic acids is 2. The highest BCUT2D eigenvalue weighted by Gasteiger charge is 2.09. The smallest absolute Gasteiger partial charge is 0.269 e. The first-order chi connectivity index (χ1) is 9.56. The summed E-state index contributed by atoms with van der Waals surface area (Å²) in [4.78, 5) is 23.4. The van der Waals surface area contributed by atoms with Crippen molar-refractivity contribution >= 4 is 11.8 Å². The van der Waals surface area contributed by atoms with E-state index in [1.165, 1.54) is 48.5 Å². The summed E-state index contributed by atoms with van der Waals surface area (Å²) in [6, 6.07) is 11.3. The van der Waals surface area contributed by atoms with Crippen LogP contribution in [0.4, 0.5) is 0 Å². The van der Waals surface area contributed by atoms with Crippen LogP contribution in [-0.4, -0.2) is 22.0 Å². The Morgan fingerprint density at radius 2 is 1.35 bits per heavy atom. The molecule has 2 aromatic carbocycles. The van der Waals surface area contributed by atoms with E-state index in [0.717, 1.165) is 0 Å². The molecule has 0 saturated carbocycles. The van der Waals surface area contributed by atoms with Crippen molar-refractivity contribution in [2.75, 3.05) is 0 Å². The van der Waals surface area contributed by atoms with Gasteiger partial charge in [-0.2, -0.15) is 0 Å². The van der Waals surface area contributed by atoms with E-state index in [1.807, 2.05) is 0 Å². The Morgan fingerprint density at radius 3 is 1.95 bits per heavy atom. The van der Waals surface area contributed by atoms with E-state index in [4.69, 9.17) is 5.11 Å². The molecule has 0 bridgehead atoms. The number of hydrogen-bond donors (Lipinski definition) is 4. The van der Waals surface area contributed by atoms with E-state index in [1.54, 1.807) is 0 Å². The normalized spacial score (nSPS) is 9.80. The van der Waals surface area contributed by atoms with Gasteiger partial charge in [-0.15, -0.1) is 0 Å². The van der Waals surface area contributed by atoms with Crippen molar-refractivity contribution in [2.45, 2.75) is 0 Å². The van der Waals surface area contributed by atoms with Crippen LogP contribution in [0, 0.1) is 0 Å². The molecule has 20 heavy (non-hydrogen) atoms. The van der Waals surface area contributed by atoms with Crippen LogP contribution >= 0.6 is 0 Å². The second kappa shape index (κ2) is 5.75. The number of hydrazine groups is 1. The summed E-state index contributed by atoms with van der Waals surface area (Å²) >= 11 is 0. The highest BCUT2D eigenvalue weighted by molar-refractivity contribution is 5.99. The number of phenols is 2. The van der Waals surface area contributed by atoms with Crippen LogP contribution in [0.3, 0.4) is 0 Å². The lowest BCUT2D eigenvalue weighted by atomic mass is 10.2. The van der Waals surface area contributed by atoms with Crippen molar-refractivity contribution in [3.8, 4) is 11.5 Å². The van der Waals surface area contributed by atoms with Gasteiger partial charge < -0.3 is 10.2 Å². The predicted octanol–water partition coefficient (Wildman–Crippen LogP) is 1.17. The minimum Gasteiger partial charge on any atom is -0.508 e. The van der Waals surface area contributed by atoms with E-state index < -0.39 is 11.8 Å². The summed E-state index contributed by atoms with van der Waals surface area (Å²) in [7, 11) is 0. The monoisotopic (exact) mass is 272 g/mol. The van der Waals surface area contributed by atoms with Crippen LogP contribution in [0.2, 0.25) is 0 Å². The van der Waals surface area contributed by atoms with E-state index in [9.17, 15) is 14.7 Å². The zero-order valence-electron chi connectivity index (χ0n) is 10.3. The number of phenolic OH excluding ortho intramolecular Hbond substituents is 2. The molecule has 6 heteroatoms. The van der Waals surface area contributed by atoms with Crippen LogP contribution in [0.5, 0.6) is 11.5 Å². The first-order valence-corrected chi connectivity index (χ1v) is 5.75. The quantitative estimate of drug-likeness (QED) is 0.617.